The summed E-state index contributed by atoms with van der Waals surface area (Å²) in [6.07, 6.45) is 1.10. The van der Waals surface area contributed by atoms with Crippen LogP contribution in [0.2, 0.25) is 5.02 Å². The van der Waals surface area contributed by atoms with Crippen LogP contribution in [0, 0.1) is 6.92 Å². The van der Waals surface area contributed by atoms with Crippen molar-refractivity contribution < 1.29 is 4.74 Å². The second-order valence-corrected chi connectivity index (χ2v) is 6.29. The van der Waals surface area contributed by atoms with Gasteiger partial charge in [-0.15, -0.1) is 0 Å². The summed E-state index contributed by atoms with van der Waals surface area (Å²) in [6.45, 7) is 5.90. The molecule has 4 heteroatoms. The molecule has 2 rings (SSSR count). The van der Waals surface area contributed by atoms with Crippen molar-refractivity contribution in [2.24, 2.45) is 0 Å². The zero-order valence-electron chi connectivity index (χ0n) is 12.2. The zero-order valence-corrected chi connectivity index (χ0v) is 14.6. The molecule has 0 amide bonds. The van der Waals surface area contributed by atoms with Crippen molar-refractivity contribution in [3.05, 3.63) is 57.0 Å². The molecular weight excluding hydrogens is 350 g/mol. The van der Waals surface area contributed by atoms with Crippen LogP contribution < -0.4 is 10.1 Å². The minimum Gasteiger partial charge on any atom is -0.457 e. The molecule has 0 spiro atoms. The van der Waals surface area contributed by atoms with E-state index in [1.807, 2.05) is 43.3 Å². The van der Waals surface area contributed by atoms with E-state index < -0.39 is 0 Å². The van der Waals surface area contributed by atoms with Crippen molar-refractivity contribution in [3.8, 4) is 11.5 Å². The number of hydrogen-bond acceptors (Lipinski definition) is 2. The zero-order chi connectivity index (χ0) is 15.2. The Morgan fingerprint density at radius 1 is 1.14 bits per heavy atom. The van der Waals surface area contributed by atoms with Crippen LogP contribution in [-0.2, 0) is 6.54 Å². The van der Waals surface area contributed by atoms with E-state index in [1.165, 1.54) is 0 Å². The third-order valence-corrected chi connectivity index (χ3v) is 3.86. The first-order valence-corrected chi connectivity index (χ1v) is 8.20. The Kier molecular flexibility index (Phi) is 6.09. The van der Waals surface area contributed by atoms with E-state index in [2.05, 4.69) is 28.2 Å². The number of benzene rings is 2. The van der Waals surface area contributed by atoms with Crippen LogP contribution >= 0.6 is 27.5 Å². The highest BCUT2D eigenvalue weighted by molar-refractivity contribution is 9.10. The van der Waals surface area contributed by atoms with E-state index in [-0.39, 0.29) is 0 Å². The predicted octanol–water partition coefficient (Wildman–Crippen LogP) is 5.70. The Balaban J connectivity index is 2.24. The minimum absolute atomic E-state index is 0.724. The van der Waals surface area contributed by atoms with Gasteiger partial charge in [-0.25, -0.2) is 0 Å². The molecule has 1 N–H and O–H groups in total. The first-order chi connectivity index (χ1) is 10.1. The Bertz CT molecular complexity index is 616. The standard InChI is InChI=1S/C17H19BrClNO/c1-3-8-20-11-13-9-15(19)6-7-16(13)21-17-10-14(18)5-4-12(17)2/h4-7,9-10,20H,3,8,11H2,1-2H3. The van der Waals surface area contributed by atoms with Crippen LogP contribution in [0.1, 0.15) is 24.5 Å². The fourth-order valence-corrected chi connectivity index (χ4v) is 2.52. The first-order valence-electron chi connectivity index (χ1n) is 7.03. The monoisotopic (exact) mass is 367 g/mol. The molecule has 0 aromatic heterocycles. The van der Waals surface area contributed by atoms with Crippen molar-refractivity contribution in [3.63, 3.8) is 0 Å². The van der Waals surface area contributed by atoms with Crippen LogP contribution in [0.15, 0.2) is 40.9 Å². The van der Waals surface area contributed by atoms with Gasteiger partial charge < -0.3 is 10.1 Å². The lowest BCUT2D eigenvalue weighted by molar-refractivity contribution is 0.469. The molecule has 0 unspecified atom stereocenters. The normalized spacial score (nSPS) is 10.7. The molecule has 0 heterocycles. The summed E-state index contributed by atoms with van der Waals surface area (Å²) >= 11 is 9.58. The van der Waals surface area contributed by atoms with E-state index in [1.54, 1.807) is 0 Å². The van der Waals surface area contributed by atoms with Crippen molar-refractivity contribution in [1.82, 2.24) is 5.32 Å². The van der Waals surface area contributed by atoms with Crippen LogP contribution in [0.4, 0.5) is 0 Å². The van der Waals surface area contributed by atoms with E-state index in [0.29, 0.717) is 0 Å². The second kappa shape index (κ2) is 7.83. The number of ether oxygens (including phenoxy) is 1. The summed E-state index contributed by atoms with van der Waals surface area (Å²) in [5.41, 5.74) is 2.16. The topological polar surface area (TPSA) is 21.3 Å². The van der Waals surface area contributed by atoms with E-state index in [4.69, 9.17) is 16.3 Å². The van der Waals surface area contributed by atoms with Crippen LogP contribution in [0.3, 0.4) is 0 Å². The predicted molar refractivity (Wildman–Crippen MR) is 92.4 cm³/mol. The quantitative estimate of drug-likeness (QED) is 0.660. The first kappa shape index (κ1) is 16.3. The van der Waals surface area contributed by atoms with Gasteiger partial charge in [0, 0.05) is 21.6 Å². The molecule has 0 saturated heterocycles. The van der Waals surface area contributed by atoms with Crippen LogP contribution in [0.25, 0.3) is 0 Å². The van der Waals surface area contributed by atoms with Gasteiger partial charge in [-0.2, -0.15) is 0 Å². The fraction of sp³-hybridized carbons (Fsp3) is 0.294. The van der Waals surface area contributed by atoms with Gasteiger partial charge in [-0.3, -0.25) is 0 Å². The summed E-state index contributed by atoms with van der Waals surface area (Å²) in [4.78, 5) is 0. The lowest BCUT2D eigenvalue weighted by atomic mass is 10.2. The molecule has 0 radical (unpaired) electrons. The lowest BCUT2D eigenvalue weighted by Crippen LogP contribution is -2.14. The lowest BCUT2D eigenvalue weighted by Gasteiger charge is -2.14. The maximum absolute atomic E-state index is 6.10. The van der Waals surface area contributed by atoms with E-state index >= 15 is 0 Å². The molecular formula is C17H19BrClNO. The molecule has 0 aliphatic heterocycles. The third kappa shape index (κ3) is 4.73. The second-order valence-electron chi connectivity index (χ2n) is 4.94. The van der Waals surface area contributed by atoms with Gasteiger partial charge in [0.15, 0.2) is 0 Å². The maximum atomic E-state index is 6.10. The minimum atomic E-state index is 0.724. The number of hydrogen-bond donors (Lipinski definition) is 1. The van der Waals surface area contributed by atoms with Gasteiger partial charge in [0.2, 0.25) is 0 Å². The van der Waals surface area contributed by atoms with Crippen molar-refractivity contribution in [2.45, 2.75) is 26.8 Å². The Morgan fingerprint density at radius 3 is 2.71 bits per heavy atom. The molecule has 112 valence electrons. The van der Waals surface area contributed by atoms with E-state index in [0.717, 1.165) is 51.6 Å². The smallest absolute Gasteiger partial charge is 0.132 e. The molecule has 0 aliphatic carbocycles. The summed E-state index contributed by atoms with van der Waals surface area (Å²) < 4.78 is 7.08. The maximum Gasteiger partial charge on any atom is 0.132 e. The summed E-state index contributed by atoms with van der Waals surface area (Å²) in [5.74, 6) is 1.69. The average Bonchev–Trinajstić information content (AvgIpc) is 2.46. The Morgan fingerprint density at radius 2 is 1.95 bits per heavy atom. The average molecular weight is 369 g/mol. The van der Waals surface area contributed by atoms with Crippen molar-refractivity contribution >= 4 is 27.5 Å². The van der Waals surface area contributed by atoms with Crippen LogP contribution in [-0.4, -0.2) is 6.54 Å². The van der Waals surface area contributed by atoms with E-state index in [9.17, 15) is 0 Å². The SMILES string of the molecule is CCCNCc1cc(Cl)ccc1Oc1cc(Br)ccc1C. The van der Waals surface area contributed by atoms with Gasteiger partial charge >= 0.3 is 0 Å². The summed E-state index contributed by atoms with van der Waals surface area (Å²) in [7, 11) is 0. The number of nitrogens with one attached hydrogen (secondary N) is 1. The van der Waals surface area contributed by atoms with Gasteiger partial charge in [-0.1, -0.05) is 40.5 Å². The summed E-state index contributed by atoms with van der Waals surface area (Å²) in [5, 5.41) is 4.11. The third-order valence-electron chi connectivity index (χ3n) is 3.13. The molecule has 0 bridgehead atoms. The molecule has 2 aromatic rings. The number of rotatable bonds is 6. The Labute approximate surface area is 139 Å². The highest BCUT2D eigenvalue weighted by Gasteiger charge is 2.08. The highest BCUT2D eigenvalue weighted by Crippen LogP contribution is 2.31. The largest absolute Gasteiger partial charge is 0.457 e. The molecule has 0 fully saturated rings. The van der Waals surface area contributed by atoms with Gasteiger partial charge in [0.25, 0.3) is 0 Å². The molecule has 2 aromatic carbocycles. The van der Waals surface area contributed by atoms with Gasteiger partial charge in [0.05, 0.1) is 0 Å². The molecule has 0 saturated carbocycles. The van der Waals surface area contributed by atoms with Crippen molar-refractivity contribution in [2.75, 3.05) is 6.54 Å². The molecule has 2 nitrogen and oxygen atoms in total. The molecule has 0 atom stereocenters. The van der Waals surface area contributed by atoms with Gasteiger partial charge in [0.1, 0.15) is 11.5 Å². The van der Waals surface area contributed by atoms with Gasteiger partial charge in [-0.05, 0) is 55.8 Å². The fourth-order valence-electron chi connectivity index (χ4n) is 1.99. The summed E-state index contributed by atoms with van der Waals surface area (Å²) in [6, 6.07) is 11.7. The van der Waals surface area contributed by atoms with Crippen molar-refractivity contribution in [1.29, 1.82) is 0 Å². The highest BCUT2D eigenvalue weighted by atomic mass is 79.9. The number of aryl methyl sites for hydroxylation is 1. The number of halogens is 2. The molecule has 21 heavy (non-hydrogen) atoms. The Hall–Kier alpha value is -1.03. The molecule has 0 aliphatic rings. The van der Waals surface area contributed by atoms with Crippen LogP contribution in [0.5, 0.6) is 11.5 Å².